The lowest BCUT2D eigenvalue weighted by molar-refractivity contribution is 0.0695. The number of nitrogens with zero attached hydrogens (tertiary/aromatic N) is 1. The summed E-state index contributed by atoms with van der Waals surface area (Å²) in [4.78, 5) is 18.9. The summed E-state index contributed by atoms with van der Waals surface area (Å²) in [5.74, 6) is 6.45. The first-order valence-corrected chi connectivity index (χ1v) is 11.1. The molecule has 0 radical (unpaired) electrons. The molecule has 0 bridgehead atoms. The van der Waals surface area contributed by atoms with Crippen molar-refractivity contribution in [3.05, 3.63) is 94.0 Å². The smallest absolute Gasteiger partial charge is 0.336 e. The fourth-order valence-corrected chi connectivity index (χ4v) is 3.94. The third-order valence-electron chi connectivity index (χ3n) is 5.59. The van der Waals surface area contributed by atoms with Crippen LogP contribution in [-0.2, 0) is 0 Å². The molecule has 0 spiro atoms. The number of hydrogen-bond donors (Lipinski definition) is 2. The van der Waals surface area contributed by atoms with E-state index < -0.39 is 5.97 Å². The highest BCUT2D eigenvalue weighted by Crippen LogP contribution is 2.28. The Labute approximate surface area is 206 Å². The summed E-state index contributed by atoms with van der Waals surface area (Å²) in [6.45, 7) is 1.73. The van der Waals surface area contributed by atoms with E-state index in [1.807, 2.05) is 36.4 Å². The largest absolute Gasteiger partial charge is 0.497 e. The normalized spacial score (nSPS) is 10.7. The highest BCUT2D eigenvalue weighted by atomic mass is 35.5. The molecule has 2 N–H and O–H groups in total. The van der Waals surface area contributed by atoms with Crippen LogP contribution in [0.1, 0.15) is 27.0 Å². The third kappa shape index (κ3) is 4.63. The summed E-state index contributed by atoms with van der Waals surface area (Å²) in [7, 11) is 1.65. The number of H-pyrrole nitrogens is 1. The predicted molar refractivity (Wildman–Crippen MR) is 136 cm³/mol. The Balaban J connectivity index is 1.42. The molecule has 6 nitrogen and oxygen atoms in total. The quantitative estimate of drug-likeness (QED) is 0.283. The van der Waals surface area contributed by atoms with Crippen LogP contribution in [0.5, 0.6) is 17.5 Å². The molecule has 0 fully saturated rings. The standard InChI is InChI=1S/C28H19ClN2O4/c1-16-3-9-22(14-23(16)27(32)33)35-28-30-25-13-20(24(29)15-26(25)31-28)7-5-17-4-6-19-12-21(34-2)10-8-18(19)11-17/h3-4,6,8-15H,1-2H3,(H,30,31)(H,32,33). The van der Waals surface area contributed by atoms with Crippen molar-refractivity contribution in [2.45, 2.75) is 6.92 Å². The number of halogens is 1. The molecule has 35 heavy (non-hydrogen) atoms. The number of aromatic nitrogens is 2. The van der Waals surface area contributed by atoms with Crippen LogP contribution in [0.15, 0.2) is 66.7 Å². The van der Waals surface area contributed by atoms with Crippen molar-refractivity contribution < 1.29 is 19.4 Å². The van der Waals surface area contributed by atoms with Crippen LogP contribution in [0.4, 0.5) is 0 Å². The number of nitrogens with one attached hydrogen (secondary N) is 1. The number of rotatable bonds is 4. The van der Waals surface area contributed by atoms with E-state index in [0.717, 1.165) is 22.1 Å². The van der Waals surface area contributed by atoms with Gasteiger partial charge in [0.25, 0.3) is 6.01 Å². The number of fused-ring (bicyclic) bond motifs is 2. The molecule has 7 heteroatoms. The van der Waals surface area contributed by atoms with Crippen molar-refractivity contribution in [1.82, 2.24) is 9.97 Å². The fourth-order valence-electron chi connectivity index (χ4n) is 3.73. The second kappa shape index (κ2) is 9.05. The number of imidazole rings is 1. The maximum absolute atomic E-state index is 11.4. The second-order valence-corrected chi connectivity index (χ2v) is 8.36. The Kier molecular flexibility index (Phi) is 5.77. The Morgan fingerprint density at radius 2 is 1.74 bits per heavy atom. The number of benzene rings is 4. The number of carboxylic acids is 1. The average molecular weight is 483 g/mol. The molecule has 4 aromatic carbocycles. The van der Waals surface area contributed by atoms with Gasteiger partial charge in [-0.15, -0.1) is 0 Å². The summed E-state index contributed by atoms with van der Waals surface area (Å²) >= 11 is 6.47. The summed E-state index contributed by atoms with van der Waals surface area (Å²) in [6.07, 6.45) is 0. The highest BCUT2D eigenvalue weighted by molar-refractivity contribution is 6.32. The first-order chi connectivity index (χ1) is 16.9. The Morgan fingerprint density at radius 1 is 0.971 bits per heavy atom. The van der Waals surface area contributed by atoms with Crippen LogP contribution in [0.25, 0.3) is 21.8 Å². The van der Waals surface area contributed by atoms with E-state index in [4.69, 9.17) is 21.1 Å². The van der Waals surface area contributed by atoms with Crippen molar-refractivity contribution in [2.24, 2.45) is 0 Å². The molecule has 172 valence electrons. The first-order valence-electron chi connectivity index (χ1n) is 10.7. The molecule has 0 aliphatic rings. The third-order valence-corrected chi connectivity index (χ3v) is 5.90. The minimum atomic E-state index is -1.02. The SMILES string of the molecule is COc1ccc2cc(C#Cc3cc4nc(Oc5ccc(C)c(C(=O)O)c5)[nH]c4cc3Cl)ccc2c1. The van der Waals surface area contributed by atoms with Crippen molar-refractivity contribution in [3.8, 4) is 29.4 Å². The number of carbonyl (C=O) groups is 1. The van der Waals surface area contributed by atoms with Gasteiger partial charge in [-0.2, -0.15) is 4.98 Å². The van der Waals surface area contributed by atoms with E-state index in [1.54, 1.807) is 38.3 Å². The van der Waals surface area contributed by atoms with E-state index in [-0.39, 0.29) is 11.6 Å². The zero-order valence-electron chi connectivity index (χ0n) is 18.8. The van der Waals surface area contributed by atoms with Gasteiger partial charge in [0.2, 0.25) is 0 Å². The molecule has 0 aliphatic heterocycles. The van der Waals surface area contributed by atoms with Crippen molar-refractivity contribution in [1.29, 1.82) is 0 Å². The van der Waals surface area contributed by atoms with Gasteiger partial charge >= 0.3 is 5.97 Å². The molecule has 1 aromatic heterocycles. The maximum Gasteiger partial charge on any atom is 0.336 e. The number of carboxylic acid groups (broad SMARTS) is 1. The molecule has 0 saturated heterocycles. The van der Waals surface area contributed by atoms with Gasteiger partial charge in [-0.25, -0.2) is 4.79 Å². The molecule has 1 heterocycles. The number of aryl methyl sites for hydroxylation is 1. The van der Waals surface area contributed by atoms with Gasteiger partial charge in [0.15, 0.2) is 0 Å². The molecule has 0 saturated carbocycles. The molecule has 0 atom stereocenters. The molecule has 0 aliphatic carbocycles. The number of hydrogen-bond acceptors (Lipinski definition) is 4. The lowest BCUT2D eigenvalue weighted by atomic mass is 10.1. The van der Waals surface area contributed by atoms with Crippen LogP contribution < -0.4 is 9.47 Å². The number of aromatic carboxylic acids is 1. The molecular formula is C28H19ClN2O4. The van der Waals surface area contributed by atoms with Crippen molar-refractivity contribution in [2.75, 3.05) is 7.11 Å². The van der Waals surface area contributed by atoms with Gasteiger partial charge in [-0.3, -0.25) is 0 Å². The van der Waals surface area contributed by atoms with Crippen LogP contribution in [0.2, 0.25) is 5.02 Å². The molecule has 0 unspecified atom stereocenters. The van der Waals surface area contributed by atoms with Crippen LogP contribution >= 0.6 is 11.6 Å². The van der Waals surface area contributed by atoms with Gasteiger partial charge in [-0.05, 0) is 71.8 Å². The van der Waals surface area contributed by atoms with Crippen molar-refractivity contribution >= 4 is 39.4 Å². The molecule has 0 amide bonds. The lowest BCUT2D eigenvalue weighted by Gasteiger charge is -2.05. The van der Waals surface area contributed by atoms with E-state index in [0.29, 0.717) is 32.9 Å². The topological polar surface area (TPSA) is 84.4 Å². The lowest BCUT2D eigenvalue weighted by Crippen LogP contribution is -2.00. The zero-order valence-corrected chi connectivity index (χ0v) is 19.6. The van der Waals surface area contributed by atoms with Crippen LogP contribution in [0.3, 0.4) is 0 Å². The Bertz CT molecular complexity index is 1680. The minimum Gasteiger partial charge on any atom is -0.497 e. The van der Waals surface area contributed by atoms with E-state index in [1.165, 1.54) is 6.07 Å². The van der Waals surface area contributed by atoms with Crippen LogP contribution in [0, 0.1) is 18.8 Å². The predicted octanol–water partition coefficient (Wildman–Crippen LogP) is 6.58. The number of aromatic amines is 1. The number of methoxy groups -OCH3 is 1. The molecular weight excluding hydrogens is 464 g/mol. The van der Waals surface area contributed by atoms with Gasteiger partial charge < -0.3 is 19.6 Å². The number of ether oxygens (including phenoxy) is 2. The fraction of sp³-hybridized carbons (Fsp3) is 0.0714. The minimum absolute atomic E-state index is 0.173. The monoisotopic (exact) mass is 482 g/mol. The first kappa shape index (κ1) is 22.3. The van der Waals surface area contributed by atoms with Gasteiger partial charge in [0, 0.05) is 11.1 Å². The van der Waals surface area contributed by atoms with Gasteiger partial charge in [0.05, 0.1) is 28.7 Å². The maximum atomic E-state index is 11.4. The Morgan fingerprint density at radius 3 is 2.54 bits per heavy atom. The zero-order chi connectivity index (χ0) is 24.5. The summed E-state index contributed by atoms with van der Waals surface area (Å²) < 4.78 is 11.0. The average Bonchev–Trinajstić information content (AvgIpc) is 3.23. The van der Waals surface area contributed by atoms with Crippen molar-refractivity contribution in [3.63, 3.8) is 0 Å². The van der Waals surface area contributed by atoms with E-state index in [9.17, 15) is 9.90 Å². The molecule has 5 aromatic rings. The Hall–Kier alpha value is -4.47. The second-order valence-electron chi connectivity index (χ2n) is 7.95. The summed E-state index contributed by atoms with van der Waals surface area (Å²) in [5.41, 5.74) is 3.63. The van der Waals surface area contributed by atoms with E-state index in [2.05, 4.69) is 21.8 Å². The van der Waals surface area contributed by atoms with Crippen LogP contribution in [-0.4, -0.2) is 28.2 Å². The highest BCUT2D eigenvalue weighted by Gasteiger charge is 2.12. The van der Waals surface area contributed by atoms with E-state index >= 15 is 0 Å². The summed E-state index contributed by atoms with van der Waals surface area (Å²) in [5, 5.41) is 11.9. The summed E-state index contributed by atoms with van der Waals surface area (Å²) in [6, 6.07) is 20.5. The van der Waals surface area contributed by atoms with Gasteiger partial charge in [0.1, 0.15) is 11.5 Å². The molecule has 5 rings (SSSR count). The van der Waals surface area contributed by atoms with Gasteiger partial charge in [-0.1, -0.05) is 41.6 Å².